The van der Waals surface area contributed by atoms with E-state index in [0.29, 0.717) is 5.91 Å². The molecule has 2 fully saturated rings. The Morgan fingerprint density at radius 1 is 1.35 bits per heavy atom. The Kier molecular flexibility index (Phi) is 4.33. The highest BCUT2D eigenvalue weighted by Crippen LogP contribution is 2.51. The quantitative estimate of drug-likeness (QED) is 0.824. The minimum atomic E-state index is -0.266. The number of aryl methyl sites for hydroxylation is 2. The second-order valence-electron chi connectivity index (χ2n) is 7.97. The Morgan fingerprint density at radius 2 is 2.15 bits per heavy atom. The topological polar surface area (TPSA) is 38.1 Å². The van der Waals surface area contributed by atoms with Crippen molar-refractivity contribution in [3.63, 3.8) is 0 Å². The van der Waals surface area contributed by atoms with Gasteiger partial charge in [0.15, 0.2) is 0 Å². The predicted octanol–water partition coefficient (Wildman–Crippen LogP) is 3.42. The van der Waals surface area contributed by atoms with Gasteiger partial charge in [0, 0.05) is 37.9 Å². The molecule has 1 aromatic heterocycles. The molecule has 5 heteroatoms. The number of halogens is 1. The van der Waals surface area contributed by atoms with Gasteiger partial charge in [-0.3, -0.25) is 9.48 Å². The van der Waals surface area contributed by atoms with Gasteiger partial charge >= 0.3 is 0 Å². The van der Waals surface area contributed by atoms with Crippen LogP contribution in [0.4, 0.5) is 4.39 Å². The zero-order valence-electron chi connectivity index (χ0n) is 15.5. The molecule has 138 valence electrons. The first-order valence-electron chi connectivity index (χ1n) is 9.51. The zero-order valence-corrected chi connectivity index (χ0v) is 15.5. The molecular formula is C21H26FN3O. The third kappa shape index (κ3) is 3.15. The summed E-state index contributed by atoms with van der Waals surface area (Å²) in [5, 5.41) is 4.24. The van der Waals surface area contributed by atoms with Gasteiger partial charge in [0.25, 0.3) is 0 Å². The van der Waals surface area contributed by atoms with Crippen molar-refractivity contribution in [3.05, 3.63) is 53.1 Å². The van der Waals surface area contributed by atoms with Crippen molar-refractivity contribution in [2.75, 3.05) is 6.54 Å². The van der Waals surface area contributed by atoms with E-state index in [1.807, 2.05) is 37.0 Å². The fourth-order valence-corrected chi connectivity index (χ4v) is 4.30. The molecule has 1 atom stereocenters. The Hall–Kier alpha value is -2.17. The summed E-state index contributed by atoms with van der Waals surface area (Å²) < 4.78 is 15.3. The van der Waals surface area contributed by atoms with Crippen LogP contribution in [0.1, 0.15) is 42.5 Å². The van der Waals surface area contributed by atoms with Gasteiger partial charge in [-0.05, 0) is 68.4 Å². The molecule has 4 nitrogen and oxygen atoms in total. The second kappa shape index (κ2) is 6.53. The Morgan fingerprint density at radius 3 is 2.81 bits per heavy atom. The van der Waals surface area contributed by atoms with E-state index < -0.39 is 0 Å². The first kappa shape index (κ1) is 17.3. The van der Waals surface area contributed by atoms with Crippen LogP contribution in [0.5, 0.6) is 0 Å². The monoisotopic (exact) mass is 355 g/mol. The molecule has 1 saturated carbocycles. The maximum absolute atomic E-state index is 13.4. The van der Waals surface area contributed by atoms with Crippen molar-refractivity contribution < 1.29 is 9.18 Å². The fraction of sp³-hybridized carbons (Fsp3) is 0.524. The van der Waals surface area contributed by atoms with Gasteiger partial charge in [0.1, 0.15) is 5.82 Å². The molecule has 1 aliphatic carbocycles. The van der Waals surface area contributed by atoms with E-state index in [4.69, 9.17) is 0 Å². The van der Waals surface area contributed by atoms with Gasteiger partial charge in [0.2, 0.25) is 5.91 Å². The molecule has 1 aliphatic heterocycles. The summed E-state index contributed by atoms with van der Waals surface area (Å²) in [4.78, 5) is 15.5. The highest BCUT2D eigenvalue weighted by atomic mass is 19.1. The van der Waals surface area contributed by atoms with Crippen molar-refractivity contribution in [2.45, 2.75) is 51.5 Å². The van der Waals surface area contributed by atoms with E-state index >= 15 is 0 Å². The largest absolute Gasteiger partial charge is 0.339 e. The highest BCUT2D eigenvalue weighted by molar-refractivity contribution is 5.86. The maximum atomic E-state index is 13.4. The summed E-state index contributed by atoms with van der Waals surface area (Å²) in [6.45, 7) is 2.78. The number of likely N-dealkylation sites (tertiary alicyclic amines) is 1. The van der Waals surface area contributed by atoms with Crippen LogP contribution < -0.4 is 0 Å². The number of hydrogen-bond donors (Lipinski definition) is 0. The molecule has 0 spiro atoms. The molecular weight excluding hydrogens is 329 g/mol. The smallest absolute Gasteiger partial charge is 0.229 e. The lowest BCUT2D eigenvalue weighted by atomic mass is 9.92. The van der Waals surface area contributed by atoms with Gasteiger partial charge in [-0.15, -0.1) is 0 Å². The summed E-state index contributed by atoms with van der Waals surface area (Å²) in [6, 6.07) is 7.22. The molecule has 0 bridgehead atoms. The first-order valence-corrected chi connectivity index (χ1v) is 9.51. The van der Waals surface area contributed by atoms with Crippen LogP contribution in [0, 0.1) is 18.2 Å². The molecule has 0 unspecified atom stereocenters. The average Bonchev–Trinajstić information content (AvgIpc) is 3.05. The molecule has 2 aliphatic rings. The van der Waals surface area contributed by atoms with Gasteiger partial charge in [-0.2, -0.15) is 5.10 Å². The molecule has 2 heterocycles. The van der Waals surface area contributed by atoms with Crippen LogP contribution in [0.25, 0.3) is 0 Å². The molecule has 2 aromatic rings. The zero-order chi connectivity index (χ0) is 18.3. The van der Waals surface area contributed by atoms with Crippen LogP contribution >= 0.6 is 0 Å². The molecule has 4 rings (SSSR count). The van der Waals surface area contributed by atoms with Gasteiger partial charge in [-0.1, -0.05) is 6.07 Å². The van der Waals surface area contributed by atoms with Gasteiger partial charge in [0.05, 0.1) is 5.41 Å². The molecule has 1 saturated heterocycles. The second-order valence-corrected chi connectivity index (χ2v) is 7.97. The Balaban J connectivity index is 1.49. The summed E-state index contributed by atoms with van der Waals surface area (Å²) >= 11 is 0. The number of hydrogen-bond acceptors (Lipinski definition) is 2. The van der Waals surface area contributed by atoms with Crippen molar-refractivity contribution in [1.82, 2.24) is 14.7 Å². The van der Waals surface area contributed by atoms with E-state index in [0.717, 1.165) is 56.2 Å². The summed E-state index contributed by atoms with van der Waals surface area (Å²) in [5.74, 6) is 0.0871. The number of carbonyl (C=O) groups is 1. The number of nitrogens with zero attached hydrogens (tertiary/aromatic N) is 3. The van der Waals surface area contributed by atoms with Crippen molar-refractivity contribution in [3.8, 4) is 0 Å². The highest BCUT2D eigenvalue weighted by Gasteiger charge is 2.53. The minimum absolute atomic E-state index is 0.210. The molecule has 1 aromatic carbocycles. The van der Waals surface area contributed by atoms with Crippen molar-refractivity contribution in [1.29, 1.82) is 0 Å². The molecule has 0 N–H and O–H groups in total. The van der Waals surface area contributed by atoms with Crippen LogP contribution in [0.15, 0.2) is 30.5 Å². The van der Waals surface area contributed by atoms with E-state index in [-0.39, 0.29) is 17.3 Å². The Bertz CT molecular complexity index is 824. The van der Waals surface area contributed by atoms with E-state index in [1.54, 1.807) is 6.07 Å². The maximum Gasteiger partial charge on any atom is 0.229 e. The third-order valence-corrected chi connectivity index (χ3v) is 6.15. The van der Waals surface area contributed by atoms with Crippen molar-refractivity contribution in [2.24, 2.45) is 12.5 Å². The van der Waals surface area contributed by atoms with Crippen LogP contribution in [0.3, 0.4) is 0 Å². The predicted molar refractivity (Wildman–Crippen MR) is 98.2 cm³/mol. The standard InChI is InChI=1S/C21H26FN3O/c1-15-12-17(22)6-5-16(15)14-21(8-9-21)20(26)25-11-3-4-19(25)13-18-7-10-23-24(18)2/h5-7,10,12,19H,3-4,8-9,11,13-14H2,1-2H3/t19-/m1/s1. The van der Waals surface area contributed by atoms with Gasteiger partial charge in [-0.25, -0.2) is 4.39 Å². The summed E-state index contributed by atoms with van der Waals surface area (Å²) in [5.41, 5.74) is 2.95. The summed E-state index contributed by atoms with van der Waals surface area (Å²) in [6.07, 6.45) is 7.43. The SMILES string of the molecule is Cc1cc(F)ccc1CC1(C(=O)N2CCC[C@@H]2Cc2ccnn2C)CC1. The lowest BCUT2D eigenvalue weighted by molar-refractivity contribution is -0.137. The van der Waals surface area contributed by atoms with E-state index in [9.17, 15) is 9.18 Å². The summed E-state index contributed by atoms with van der Waals surface area (Å²) in [7, 11) is 1.95. The number of rotatable bonds is 5. The number of aromatic nitrogens is 2. The minimum Gasteiger partial charge on any atom is -0.339 e. The fourth-order valence-electron chi connectivity index (χ4n) is 4.30. The molecule has 1 amide bonds. The van der Waals surface area contributed by atoms with Crippen LogP contribution in [-0.4, -0.2) is 33.2 Å². The third-order valence-electron chi connectivity index (χ3n) is 6.15. The van der Waals surface area contributed by atoms with E-state index in [1.165, 1.54) is 11.8 Å². The van der Waals surface area contributed by atoms with Crippen LogP contribution in [-0.2, 0) is 24.7 Å². The number of carbonyl (C=O) groups excluding carboxylic acids is 1. The number of benzene rings is 1. The van der Waals surface area contributed by atoms with Gasteiger partial charge < -0.3 is 4.90 Å². The van der Waals surface area contributed by atoms with Crippen molar-refractivity contribution >= 4 is 5.91 Å². The van der Waals surface area contributed by atoms with E-state index in [2.05, 4.69) is 10.00 Å². The van der Waals surface area contributed by atoms with Crippen LogP contribution in [0.2, 0.25) is 0 Å². The normalized spacial score (nSPS) is 21.2. The molecule has 26 heavy (non-hydrogen) atoms. The lowest BCUT2D eigenvalue weighted by Gasteiger charge is -2.29. The first-order chi connectivity index (χ1) is 12.5. The Labute approximate surface area is 154 Å². The average molecular weight is 355 g/mol. The molecule has 0 radical (unpaired) electrons. The lowest BCUT2D eigenvalue weighted by Crippen LogP contribution is -2.42. The number of amides is 1.